The van der Waals surface area contributed by atoms with Gasteiger partial charge in [0, 0.05) is 19.3 Å². The molecule has 0 saturated carbocycles. The van der Waals surface area contributed by atoms with Gasteiger partial charge in [-0.15, -0.1) is 0 Å². The van der Waals surface area contributed by atoms with E-state index in [0.29, 0.717) is 19.3 Å². The van der Waals surface area contributed by atoms with Gasteiger partial charge in [0.25, 0.3) is 0 Å². The third-order valence-corrected chi connectivity index (χ3v) is 13.2. The molecule has 0 radical (unpaired) electrons. The summed E-state index contributed by atoms with van der Waals surface area (Å²) in [7, 11) is 0. The summed E-state index contributed by atoms with van der Waals surface area (Å²) in [4.78, 5) is 38.2. The third kappa shape index (κ3) is 57.6. The van der Waals surface area contributed by atoms with Gasteiger partial charge < -0.3 is 14.2 Å². The standard InChI is InChI=1S/C65H114O6/c1-4-7-10-13-16-19-22-25-28-30-32-34-37-39-42-45-48-51-54-57-63(66)69-60-62(71-65(68)59-56-53-50-47-44-41-36-27-24-21-18-15-12-9-6-3)61-70-64(67)58-55-52-49-46-43-40-38-35-33-31-29-26-23-20-17-14-11-8-5-2/h16,18-19,21,25-29,36,44,47,62H,4-15,17,20,22-24,30-35,37-43,45-46,48-61H2,1-3H3/b19-16-,21-18-,28-25-,29-26-,36-27-,47-44-/t62-/m1/s1. The fourth-order valence-electron chi connectivity index (χ4n) is 8.53. The quantitative estimate of drug-likeness (QED) is 0.0261. The average molecular weight is 992 g/mol. The Morgan fingerprint density at radius 3 is 0.859 bits per heavy atom. The van der Waals surface area contributed by atoms with Gasteiger partial charge in [0.15, 0.2) is 6.10 Å². The molecular formula is C65H114O6. The molecular weight excluding hydrogens is 877 g/mol. The topological polar surface area (TPSA) is 78.9 Å². The van der Waals surface area contributed by atoms with Crippen LogP contribution in [-0.4, -0.2) is 37.2 Å². The van der Waals surface area contributed by atoms with Crippen molar-refractivity contribution in [2.45, 2.75) is 309 Å². The number of hydrogen-bond donors (Lipinski definition) is 0. The summed E-state index contributed by atoms with van der Waals surface area (Å²) >= 11 is 0. The number of allylic oxidation sites excluding steroid dienone is 12. The predicted octanol–water partition coefficient (Wildman–Crippen LogP) is 20.5. The van der Waals surface area contributed by atoms with Crippen molar-refractivity contribution in [1.29, 1.82) is 0 Å². The Morgan fingerprint density at radius 2 is 0.507 bits per heavy atom. The second-order valence-electron chi connectivity index (χ2n) is 20.2. The van der Waals surface area contributed by atoms with E-state index in [-0.39, 0.29) is 37.5 Å². The first-order valence-electron chi connectivity index (χ1n) is 30.4. The summed E-state index contributed by atoms with van der Waals surface area (Å²) < 4.78 is 16.9. The van der Waals surface area contributed by atoms with Crippen LogP contribution in [0.3, 0.4) is 0 Å². The van der Waals surface area contributed by atoms with Gasteiger partial charge in [-0.2, -0.15) is 0 Å². The van der Waals surface area contributed by atoms with Gasteiger partial charge in [-0.3, -0.25) is 14.4 Å². The lowest BCUT2D eigenvalue weighted by Crippen LogP contribution is -2.30. The van der Waals surface area contributed by atoms with Gasteiger partial charge in [0.05, 0.1) is 0 Å². The minimum Gasteiger partial charge on any atom is -0.462 e. The van der Waals surface area contributed by atoms with Crippen LogP contribution in [0.2, 0.25) is 0 Å². The van der Waals surface area contributed by atoms with E-state index in [1.54, 1.807) is 0 Å². The first-order valence-corrected chi connectivity index (χ1v) is 30.4. The zero-order valence-electron chi connectivity index (χ0n) is 47.0. The molecule has 1 atom stereocenters. The third-order valence-electron chi connectivity index (χ3n) is 13.2. The Hall–Kier alpha value is -3.15. The molecule has 0 aromatic heterocycles. The van der Waals surface area contributed by atoms with Crippen LogP contribution in [0.5, 0.6) is 0 Å². The molecule has 0 bridgehead atoms. The van der Waals surface area contributed by atoms with Gasteiger partial charge in [-0.25, -0.2) is 0 Å². The summed E-state index contributed by atoms with van der Waals surface area (Å²) in [6, 6.07) is 0. The van der Waals surface area contributed by atoms with E-state index >= 15 is 0 Å². The fraction of sp³-hybridized carbons (Fsp3) is 0.769. The highest BCUT2D eigenvalue weighted by Crippen LogP contribution is 2.15. The van der Waals surface area contributed by atoms with Crippen LogP contribution in [0.25, 0.3) is 0 Å². The number of carbonyl (C=O) groups is 3. The number of ether oxygens (including phenoxy) is 3. The average Bonchev–Trinajstić information content (AvgIpc) is 3.37. The smallest absolute Gasteiger partial charge is 0.306 e. The van der Waals surface area contributed by atoms with Gasteiger partial charge in [0.2, 0.25) is 0 Å². The Morgan fingerprint density at radius 1 is 0.282 bits per heavy atom. The number of rotatable bonds is 55. The van der Waals surface area contributed by atoms with Crippen LogP contribution in [0, 0.1) is 0 Å². The Balaban J connectivity index is 4.40. The maximum atomic E-state index is 12.9. The predicted molar refractivity (Wildman–Crippen MR) is 307 cm³/mol. The van der Waals surface area contributed by atoms with Crippen molar-refractivity contribution in [1.82, 2.24) is 0 Å². The maximum absolute atomic E-state index is 12.9. The van der Waals surface area contributed by atoms with Crippen molar-refractivity contribution in [2.24, 2.45) is 0 Å². The molecule has 0 aromatic rings. The normalized spacial score (nSPS) is 12.5. The molecule has 0 aliphatic heterocycles. The summed E-state index contributed by atoms with van der Waals surface area (Å²) in [5, 5.41) is 0. The van der Waals surface area contributed by atoms with E-state index in [1.165, 1.54) is 186 Å². The van der Waals surface area contributed by atoms with Crippen molar-refractivity contribution in [3.63, 3.8) is 0 Å². The molecule has 0 heterocycles. The summed E-state index contributed by atoms with van der Waals surface area (Å²) in [5.41, 5.74) is 0. The lowest BCUT2D eigenvalue weighted by Gasteiger charge is -2.18. The molecule has 0 fully saturated rings. The van der Waals surface area contributed by atoms with E-state index in [0.717, 1.165) is 70.6 Å². The van der Waals surface area contributed by atoms with E-state index in [9.17, 15) is 14.4 Å². The highest BCUT2D eigenvalue weighted by molar-refractivity contribution is 5.71. The lowest BCUT2D eigenvalue weighted by molar-refractivity contribution is -0.167. The molecule has 0 amide bonds. The van der Waals surface area contributed by atoms with Gasteiger partial charge in [-0.1, -0.05) is 241 Å². The monoisotopic (exact) mass is 991 g/mol. The number of unbranched alkanes of at least 4 members (excludes halogenated alkanes) is 32. The second-order valence-corrected chi connectivity index (χ2v) is 20.2. The molecule has 0 spiro atoms. The van der Waals surface area contributed by atoms with Crippen LogP contribution < -0.4 is 0 Å². The largest absolute Gasteiger partial charge is 0.462 e. The molecule has 0 rings (SSSR count). The van der Waals surface area contributed by atoms with Crippen molar-refractivity contribution < 1.29 is 28.6 Å². The first-order chi connectivity index (χ1) is 35.0. The van der Waals surface area contributed by atoms with Crippen molar-refractivity contribution >= 4 is 17.9 Å². The highest BCUT2D eigenvalue weighted by atomic mass is 16.6. The number of carbonyl (C=O) groups excluding carboxylic acids is 3. The molecule has 410 valence electrons. The van der Waals surface area contributed by atoms with E-state index in [1.807, 2.05) is 0 Å². The molecule has 6 heteroatoms. The highest BCUT2D eigenvalue weighted by Gasteiger charge is 2.19. The second kappa shape index (κ2) is 59.4. The van der Waals surface area contributed by atoms with Crippen molar-refractivity contribution in [3.05, 3.63) is 72.9 Å². The van der Waals surface area contributed by atoms with Crippen LogP contribution >= 0.6 is 0 Å². The Kier molecular flexibility index (Phi) is 56.8. The first kappa shape index (κ1) is 67.8. The molecule has 0 aromatic carbocycles. The number of hydrogen-bond acceptors (Lipinski definition) is 6. The van der Waals surface area contributed by atoms with E-state index in [4.69, 9.17) is 14.2 Å². The Labute approximate surface area is 440 Å². The van der Waals surface area contributed by atoms with Crippen LogP contribution in [-0.2, 0) is 28.6 Å². The van der Waals surface area contributed by atoms with Crippen LogP contribution in [0.15, 0.2) is 72.9 Å². The molecule has 0 unspecified atom stereocenters. The molecule has 71 heavy (non-hydrogen) atoms. The summed E-state index contributed by atoms with van der Waals surface area (Å²) in [5.74, 6) is -0.926. The van der Waals surface area contributed by atoms with Crippen molar-refractivity contribution in [3.8, 4) is 0 Å². The summed E-state index contributed by atoms with van der Waals surface area (Å²) in [6.07, 6.45) is 76.1. The van der Waals surface area contributed by atoms with Crippen LogP contribution in [0.4, 0.5) is 0 Å². The molecule has 0 N–H and O–H groups in total. The minimum absolute atomic E-state index is 0.0920. The van der Waals surface area contributed by atoms with Gasteiger partial charge in [0.1, 0.15) is 13.2 Å². The molecule has 0 saturated heterocycles. The summed E-state index contributed by atoms with van der Waals surface area (Å²) in [6.45, 7) is 6.57. The van der Waals surface area contributed by atoms with E-state index < -0.39 is 6.10 Å². The zero-order chi connectivity index (χ0) is 51.4. The van der Waals surface area contributed by atoms with Gasteiger partial charge >= 0.3 is 17.9 Å². The minimum atomic E-state index is -0.798. The number of esters is 3. The SMILES string of the molecule is CCCCC/C=C\C/C=C\C/C=C\CCCCC(=O)O[C@H](COC(=O)CCCCCCCCCCC/C=C\C/C=C\CCCCC)COC(=O)CCCCCCCCCCC/C=C\CCCCCCCC. The maximum Gasteiger partial charge on any atom is 0.306 e. The van der Waals surface area contributed by atoms with Gasteiger partial charge in [-0.05, 0) is 116 Å². The molecule has 0 aliphatic rings. The van der Waals surface area contributed by atoms with E-state index in [2.05, 4.69) is 93.7 Å². The van der Waals surface area contributed by atoms with Crippen molar-refractivity contribution in [2.75, 3.05) is 13.2 Å². The Bertz CT molecular complexity index is 1320. The lowest BCUT2D eigenvalue weighted by atomic mass is 10.1. The van der Waals surface area contributed by atoms with Crippen LogP contribution in [0.1, 0.15) is 303 Å². The molecule has 0 aliphatic carbocycles. The molecule has 6 nitrogen and oxygen atoms in total. The fourth-order valence-corrected chi connectivity index (χ4v) is 8.53. The zero-order valence-corrected chi connectivity index (χ0v) is 47.0.